The summed E-state index contributed by atoms with van der Waals surface area (Å²) in [4.78, 5) is 37.9. The van der Waals surface area contributed by atoms with Crippen LogP contribution < -0.4 is 16.2 Å². The molecule has 186 valence electrons. The minimum absolute atomic E-state index is 0. The predicted octanol–water partition coefficient (Wildman–Crippen LogP) is 3.38. The monoisotopic (exact) mass is 941 g/mol. The molecule has 2 aromatic carbocycles. The largest absolute Gasteiger partial charge is 0.506 e. The van der Waals surface area contributed by atoms with Gasteiger partial charge in [-0.3, -0.25) is 14.5 Å². The number of carbonyl (C=O) groups excluding carboxylic acids is 3. The lowest BCUT2D eigenvalue weighted by Gasteiger charge is -2.28. The molecule has 0 fully saturated rings. The zero-order chi connectivity index (χ0) is 24.9. The molecule has 0 aliphatic carbocycles. The summed E-state index contributed by atoms with van der Waals surface area (Å²) < 4.78 is 13.7. The fraction of sp³-hybridized carbons (Fsp3) is 0.250. The molecular weight excluding hydrogens is 921 g/mol. The van der Waals surface area contributed by atoms with Gasteiger partial charge in [0.15, 0.2) is 5.75 Å². The number of carbonyl (C=O) groups is 3. The van der Waals surface area contributed by atoms with Crippen LogP contribution in [0.5, 0.6) is 17.2 Å². The molecule has 0 aromatic heterocycles. The molecule has 2 aromatic rings. The highest BCUT2D eigenvalue weighted by Gasteiger charge is 2.34. The highest BCUT2D eigenvalue weighted by molar-refractivity contribution is 14.1. The Labute approximate surface area is 257 Å². The summed E-state index contributed by atoms with van der Waals surface area (Å²) >= 11 is 8.27. The zero-order valence-electron chi connectivity index (χ0n) is 17.5. The fourth-order valence-electron chi connectivity index (χ4n) is 2.87. The second-order valence-corrected chi connectivity index (χ2v) is 11.2. The van der Waals surface area contributed by atoms with E-state index >= 15 is 0 Å². The summed E-state index contributed by atoms with van der Waals surface area (Å²) in [6.45, 7) is -0.906. The molecule has 9 nitrogen and oxygen atoms in total. The third kappa shape index (κ3) is 7.89. The summed E-state index contributed by atoms with van der Waals surface area (Å²) in [5, 5.41) is 9.97. The van der Waals surface area contributed by atoms with E-state index in [1.807, 2.05) is 45.2 Å². The van der Waals surface area contributed by atoms with Crippen LogP contribution in [-0.4, -0.2) is 54.0 Å². The third-order valence-corrected chi connectivity index (χ3v) is 7.62. The van der Waals surface area contributed by atoms with Crippen molar-refractivity contribution in [2.45, 2.75) is 12.5 Å². The summed E-state index contributed by atoms with van der Waals surface area (Å²) in [5.41, 5.74) is 11.6. The number of rotatable bonds is 8. The van der Waals surface area contributed by atoms with Gasteiger partial charge >= 0.3 is 5.97 Å². The molecule has 34 heavy (non-hydrogen) atoms. The first-order chi connectivity index (χ1) is 15.5. The Morgan fingerprint density at radius 3 is 1.82 bits per heavy atom. The Morgan fingerprint density at radius 2 is 1.41 bits per heavy atom. The molecule has 0 radical (unpaired) electrons. The SMILES string of the molecule is COC(=O)[C@H](Cc1cc(I)c(Oc2cc(I)c(O)c(I)c2)c(I)c1)N(C(=O)CN)C(=O)CN.Cl. The number of amides is 2. The van der Waals surface area contributed by atoms with E-state index < -0.39 is 36.9 Å². The topological polar surface area (TPSA) is 145 Å². The highest BCUT2D eigenvalue weighted by Crippen LogP contribution is 2.37. The molecule has 0 spiro atoms. The minimum atomic E-state index is -1.21. The number of methoxy groups -OCH3 is 1. The van der Waals surface area contributed by atoms with Gasteiger partial charge in [-0.1, -0.05) is 0 Å². The van der Waals surface area contributed by atoms with Gasteiger partial charge in [0.2, 0.25) is 11.8 Å². The van der Waals surface area contributed by atoms with Crippen LogP contribution in [0.2, 0.25) is 0 Å². The molecule has 0 aliphatic rings. The number of hydrogen-bond acceptors (Lipinski definition) is 8. The molecule has 0 aliphatic heterocycles. The highest BCUT2D eigenvalue weighted by atomic mass is 127. The maximum absolute atomic E-state index is 12.5. The van der Waals surface area contributed by atoms with Gasteiger partial charge in [0.25, 0.3) is 0 Å². The maximum Gasteiger partial charge on any atom is 0.329 e. The molecule has 0 saturated carbocycles. The maximum atomic E-state index is 12.5. The van der Waals surface area contributed by atoms with E-state index in [0.717, 1.165) is 12.0 Å². The number of hydrogen-bond donors (Lipinski definition) is 3. The summed E-state index contributed by atoms with van der Waals surface area (Å²) in [6, 6.07) is 5.83. The van der Waals surface area contributed by atoms with Crippen molar-refractivity contribution >= 4 is 121 Å². The molecule has 0 unspecified atom stereocenters. The van der Waals surface area contributed by atoms with E-state index in [1.54, 1.807) is 24.3 Å². The van der Waals surface area contributed by atoms with Crippen molar-refractivity contribution in [3.05, 3.63) is 44.1 Å². The van der Waals surface area contributed by atoms with E-state index in [9.17, 15) is 19.5 Å². The smallest absolute Gasteiger partial charge is 0.329 e. The molecule has 0 saturated heterocycles. The van der Waals surface area contributed by atoms with Crippen LogP contribution in [-0.2, 0) is 25.5 Å². The Balaban J connectivity index is 0.00000578. The lowest BCUT2D eigenvalue weighted by atomic mass is 10.0. The van der Waals surface area contributed by atoms with E-state index in [1.165, 1.54) is 7.11 Å². The van der Waals surface area contributed by atoms with Crippen molar-refractivity contribution in [3.8, 4) is 17.2 Å². The van der Waals surface area contributed by atoms with Gasteiger partial charge < -0.3 is 26.0 Å². The number of nitrogens with two attached hydrogens (primary N) is 2. The zero-order valence-corrected chi connectivity index (χ0v) is 27.0. The molecular formula is C20H20ClI4N3O6. The lowest BCUT2D eigenvalue weighted by molar-refractivity contribution is -0.158. The van der Waals surface area contributed by atoms with E-state index in [-0.39, 0.29) is 24.6 Å². The quantitative estimate of drug-likeness (QED) is 0.270. The van der Waals surface area contributed by atoms with Gasteiger partial charge in [-0.15, -0.1) is 12.4 Å². The van der Waals surface area contributed by atoms with Crippen molar-refractivity contribution in [1.82, 2.24) is 4.90 Å². The molecule has 0 bridgehead atoms. The van der Waals surface area contributed by atoms with Gasteiger partial charge in [0, 0.05) is 6.42 Å². The molecule has 0 heterocycles. The first-order valence-electron chi connectivity index (χ1n) is 9.20. The number of nitrogens with zero attached hydrogens (tertiary/aromatic N) is 1. The molecule has 2 rings (SSSR count). The minimum Gasteiger partial charge on any atom is -0.506 e. The van der Waals surface area contributed by atoms with Crippen LogP contribution in [0.25, 0.3) is 0 Å². The van der Waals surface area contributed by atoms with Crippen molar-refractivity contribution < 1.29 is 29.0 Å². The number of halogens is 5. The molecule has 2 amide bonds. The van der Waals surface area contributed by atoms with Crippen LogP contribution in [0.3, 0.4) is 0 Å². The number of phenols is 1. The Kier molecular flexibility index (Phi) is 13.6. The first kappa shape index (κ1) is 31.8. The summed E-state index contributed by atoms with van der Waals surface area (Å²) in [5.74, 6) is -0.841. The Morgan fingerprint density at radius 1 is 0.941 bits per heavy atom. The Hall–Kier alpha value is -0.220. The second kappa shape index (κ2) is 14.5. The average molecular weight is 941 g/mol. The van der Waals surface area contributed by atoms with E-state index in [2.05, 4.69) is 45.2 Å². The van der Waals surface area contributed by atoms with Crippen molar-refractivity contribution in [3.63, 3.8) is 0 Å². The molecule has 1 atom stereocenters. The Bertz CT molecular complexity index is 1030. The van der Waals surface area contributed by atoms with Gasteiger partial charge in [0.1, 0.15) is 17.5 Å². The van der Waals surface area contributed by atoms with Gasteiger partial charge in [0.05, 0.1) is 34.5 Å². The van der Waals surface area contributed by atoms with Gasteiger partial charge in [-0.25, -0.2) is 4.79 Å². The van der Waals surface area contributed by atoms with Crippen molar-refractivity contribution in [2.24, 2.45) is 11.5 Å². The standard InChI is InChI=1S/C20H19I4N3O6.ClH/c1-32-20(31)15(27(16(28)7-25)17(29)8-26)4-9-2-13(23)19(14(24)3-9)33-10-5-11(21)18(30)12(22)6-10;/h2-3,5-6,15,30H,4,7-8,25-26H2,1H3;1H/t15-;/m0./s1. The number of esters is 1. The fourth-order valence-corrected chi connectivity index (χ4v) is 6.70. The van der Waals surface area contributed by atoms with Crippen molar-refractivity contribution in [1.29, 1.82) is 0 Å². The summed E-state index contributed by atoms with van der Waals surface area (Å²) in [6.07, 6.45) is 0.0193. The molecule has 14 heteroatoms. The van der Waals surface area contributed by atoms with Crippen LogP contribution in [0.15, 0.2) is 24.3 Å². The van der Waals surface area contributed by atoms with E-state index in [0.29, 0.717) is 24.2 Å². The van der Waals surface area contributed by atoms with Gasteiger partial charge in [-0.2, -0.15) is 0 Å². The van der Waals surface area contributed by atoms with Crippen LogP contribution >= 0.6 is 103 Å². The van der Waals surface area contributed by atoms with Crippen molar-refractivity contribution in [2.75, 3.05) is 20.2 Å². The van der Waals surface area contributed by atoms with Crippen LogP contribution in [0.1, 0.15) is 5.56 Å². The van der Waals surface area contributed by atoms with Crippen LogP contribution in [0, 0.1) is 14.3 Å². The number of ether oxygens (including phenoxy) is 2. The van der Waals surface area contributed by atoms with E-state index in [4.69, 9.17) is 20.9 Å². The normalized spacial score (nSPS) is 11.3. The number of phenolic OH excluding ortho intramolecular Hbond substituents is 1. The number of imide groups is 1. The lowest BCUT2D eigenvalue weighted by Crippen LogP contribution is -2.54. The van der Waals surface area contributed by atoms with Gasteiger partial charge in [-0.05, 0) is 120 Å². The number of benzene rings is 2. The number of aromatic hydroxyl groups is 1. The second-order valence-electron chi connectivity index (χ2n) is 6.53. The van der Waals surface area contributed by atoms with Crippen LogP contribution in [0.4, 0.5) is 0 Å². The predicted molar refractivity (Wildman–Crippen MR) is 162 cm³/mol. The first-order valence-corrected chi connectivity index (χ1v) is 13.5. The third-order valence-electron chi connectivity index (χ3n) is 4.37. The average Bonchev–Trinajstić information content (AvgIpc) is 2.78. The molecule has 5 N–H and O–H groups in total. The summed E-state index contributed by atoms with van der Waals surface area (Å²) in [7, 11) is 1.18.